The highest BCUT2D eigenvalue weighted by Crippen LogP contribution is 2.31. The lowest BCUT2D eigenvalue weighted by atomic mass is 9.81. The predicted octanol–water partition coefficient (Wildman–Crippen LogP) is 1.10. The van der Waals surface area contributed by atoms with Gasteiger partial charge in [0.1, 0.15) is 0 Å². The molecule has 1 atom stereocenters. The van der Waals surface area contributed by atoms with Crippen molar-refractivity contribution in [1.29, 1.82) is 0 Å². The summed E-state index contributed by atoms with van der Waals surface area (Å²) in [5.74, 6) is 1.21. The van der Waals surface area contributed by atoms with E-state index in [1.54, 1.807) is 0 Å². The highest BCUT2D eigenvalue weighted by molar-refractivity contribution is 5.79. The first-order valence-corrected chi connectivity index (χ1v) is 8.00. The summed E-state index contributed by atoms with van der Waals surface area (Å²) in [7, 11) is 0. The van der Waals surface area contributed by atoms with E-state index in [-0.39, 0.29) is 5.92 Å². The zero-order chi connectivity index (χ0) is 13.2. The molecule has 1 amide bonds. The van der Waals surface area contributed by atoms with Gasteiger partial charge < -0.3 is 11.1 Å². The molecular formula is C15H27N3O. The van der Waals surface area contributed by atoms with Crippen LogP contribution in [-0.2, 0) is 4.79 Å². The zero-order valence-corrected chi connectivity index (χ0v) is 11.8. The van der Waals surface area contributed by atoms with Crippen molar-refractivity contribution in [2.45, 2.75) is 57.0 Å². The second-order valence-electron chi connectivity index (χ2n) is 6.67. The van der Waals surface area contributed by atoms with Crippen molar-refractivity contribution in [1.82, 2.24) is 10.2 Å². The van der Waals surface area contributed by atoms with Crippen LogP contribution in [0.1, 0.15) is 44.9 Å². The third kappa shape index (κ3) is 3.29. The Kier molecular flexibility index (Phi) is 4.08. The number of hydrogen-bond acceptors (Lipinski definition) is 3. The Labute approximate surface area is 116 Å². The van der Waals surface area contributed by atoms with E-state index in [9.17, 15) is 4.79 Å². The van der Waals surface area contributed by atoms with Gasteiger partial charge in [-0.05, 0) is 57.4 Å². The van der Waals surface area contributed by atoms with Gasteiger partial charge in [0, 0.05) is 31.1 Å². The Morgan fingerprint density at radius 1 is 1.11 bits per heavy atom. The number of nitrogens with two attached hydrogens (primary N) is 1. The first kappa shape index (κ1) is 13.4. The van der Waals surface area contributed by atoms with Gasteiger partial charge in [-0.15, -0.1) is 0 Å². The van der Waals surface area contributed by atoms with Crippen LogP contribution < -0.4 is 11.1 Å². The average molecular weight is 265 g/mol. The molecule has 1 saturated heterocycles. The van der Waals surface area contributed by atoms with Gasteiger partial charge in [-0.3, -0.25) is 9.69 Å². The van der Waals surface area contributed by atoms with Crippen LogP contribution in [0.5, 0.6) is 0 Å². The minimum absolute atomic E-state index is 0.248. The van der Waals surface area contributed by atoms with Gasteiger partial charge in [0.05, 0.1) is 0 Å². The van der Waals surface area contributed by atoms with E-state index in [2.05, 4.69) is 10.2 Å². The smallest absolute Gasteiger partial charge is 0.223 e. The molecule has 1 unspecified atom stereocenters. The lowest BCUT2D eigenvalue weighted by Crippen LogP contribution is -2.42. The standard InChI is InChI=1S/C15H27N3O/c16-9-11-1-3-12(4-2-11)15(19)17-13-7-8-18(10-13)14-5-6-14/h11-14H,1-10,16H2,(H,17,19). The quantitative estimate of drug-likeness (QED) is 0.800. The van der Waals surface area contributed by atoms with E-state index in [0.29, 0.717) is 17.9 Å². The van der Waals surface area contributed by atoms with Crippen LogP contribution in [0.15, 0.2) is 0 Å². The van der Waals surface area contributed by atoms with Gasteiger partial charge in [-0.2, -0.15) is 0 Å². The van der Waals surface area contributed by atoms with Crippen LogP contribution in [0.4, 0.5) is 0 Å². The molecule has 19 heavy (non-hydrogen) atoms. The van der Waals surface area contributed by atoms with Gasteiger partial charge in [0.2, 0.25) is 5.91 Å². The molecule has 4 heteroatoms. The van der Waals surface area contributed by atoms with Crippen molar-refractivity contribution in [2.75, 3.05) is 19.6 Å². The Balaban J connectivity index is 1.41. The van der Waals surface area contributed by atoms with E-state index in [4.69, 9.17) is 5.73 Å². The summed E-state index contributed by atoms with van der Waals surface area (Å²) in [5, 5.41) is 3.28. The van der Waals surface area contributed by atoms with Gasteiger partial charge in [-0.1, -0.05) is 0 Å². The van der Waals surface area contributed by atoms with Gasteiger partial charge >= 0.3 is 0 Å². The molecule has 0 aromatic rings. The molecule has 1 heterocycles. The zero-order valence-electron chi connectivity index (χ0n) is 11.8. The molecule has 0 bridgehead atoms. The lowest BCUT2D eigenvalue weighted by Gasteiger charge is -2.27. The van der Waals surface area contributed by atoms with Crippen molar-refractivity contribution in [3.05, 3.63) is 0 Å². The maximum Gasteiger partial charge on any atom is 0.223 e. The molecular weight excluding hydrogens is 238 g/mol. The Morgan fingerprint density at radius 2 is 1.84 bits per heavy atom. The second kappa shape index (κ2) is 5.80. The summed E-state index contributed by atoms with van der Waals surface area (Å²) in [4.78, 5) is 14.8. The second-order valence-corrected chi connectivity index (χ2v) is 6.67. The monoisotopic (exact) mass is 265 g/mol. The number of likely N-dealkylation sites (tertiary alicyclic amines) is 1. The molecule has 3 fully saturated rings. The number of nitrogens with one attached hydrogen (secondary N) is 1. The SMILES string of the molecule is NCC1CCC(C(=O)NC2CCN(C3CC3)C2)CC1. The molecule has 4 nitrogen and oxygen atoms in total. The molecule has 3 N–H and O–H groups in total. The summed E-state index contributed by atoms with van der Waals surface area (Å²) in [6.45, 7) is 3.04. The summed E-state index contributed by atoms with van der Waals surface area (Å²) >= 11 is 0. The molecule has 0 radical (unpaired) electrons. The predicted molar refractivity (Wildman–Crippen MR) is 75.6 cm³/mol. The molecule has 1 aliphatic heterocycles. The van der Waals surface area contributed by atoms with Crippen LogP contribution >= 0.6 is 0 Å². The minimum atomic E-state index is 0.248. The Morgan fingerprint density at radius 3 is 2.47 bits per heavy atom. The first-order chi connectivity index (χ1) is 9.26. The average Bonchev–Trinajstić information content (AvgIpc) is 3.20. The number of nitrogens with zero attached hydrogens (tertiary/aromatic N) is 1. The van der Waals surface area contributed by atoms with Crippen LogP contribution in [-0.4, -0.2) is 42.5 Å². The minimum Gasteiger partial charge on any atom is -0.352 e. The number of rotatable bonds is 4. The normalized spacial score (nSPS) is 36.4. The summed E-state index contributed by atoms with van der Waals surface area (Å²) < 4.78 is 0. The number of carbonyl (C=O) groups is 1. The largest absolute Gasteiger partial charge is 0.352 e. The highest BCUT2D eigenvalue weighted by atomic mass is 16.2. The third-order valence-corrected chi connectivity index (χ3v) is 5.18. The summed E-state index contributed by atoms with van der Waals surface area (Å²) in [6, 6.07) is 1.24. The van der Waals surface area contributed by atoms with E-state index in [0.717, 1.165) is 51.2 Å². The Bertz CT molecular complexity index is 321. The molecule has 3 rings (SSSR count). The fourth-order valence-electron chi connectivity index (χ4n) is 3.66. The van der Waals surface area contributed by atoms with Gasteiger partial charge in [-0.25, -0.2) is 0 Å². The molecule has 3 aliphatic rings. The molecule has 0 aromatic heterocycles. The number of carbonyl (C=O) groups excluding carboxylic acids is 1. The fraction of sp³-hybridized carbons (Fsp3) is 0.933. The topological polar surface area (TPSA) is 58.4 Å². The molecule has 2 saturated carbocycles. The summed E-state index contributed by atoms with van der Waals surface area (Å²) in [6.07, 6.45) is 8.20. The summed E-state index contributed by atoms with van der Waals surface area (Å²) in [5.41, 5.74) is 5.70. The van der Waals surface area contributed by atoms with Crippen LogP contribution in [0, 0.1) is 11.8 Å². The molecule has 2 aliphatic carbocycles. The maximum absolute atomic E-state index is 12.3. The molecule has 0 spiro atoms. The van der Waals surface area contributed by atoms with E-state index in [1.807, 2.05) is 0 Å². The first-order valence-electron chi connectivity index (χ1n) is 8.00. The van der Waals surface area contributed by atoms with Crippen molar-refractivity contribution in [3.8, 4) is 0 Å². The third-order valence-electron chi connectivity index (χ3n) is 5.18. The number of amides is 1. The van der Waals surface area contributed by atoms with Crippen LogP contribution in [0.3, 0.4) is 0 Å². The van der Waals surface area contributed by atoms with E-state index in [1.165, 1.54) is 19.4 Å². The molecule has 108 valence electrons. The van der Waals surface area contributed by atoms with Crippen molar-refractivity contribution in [3.63, 3.8) is 0 Å². The number of hydrogen-bond donors (Lipinski definition) is 2. The maximum atomic E-state index is 12.3. The molecule has 0 aromatic carbocycles. The van der Waals surface area contributed by atoms with E-state index < -0.39 is 0 Å². The Hall–Kier alpha value is -0.610. The van der Waals surface area contributed by atoms with Crippen molar-refractivity contribution >= 4 is 5.91 Å². The van der Waals surface area contributed by atoms with E-state index >= 15 is 0 Å². The van der Waals surface area contributed by atoms with Crippen LogP contribution in [0.2, 0.25) is 0 Å². The highest BCUT2D eigenvalue weighted by Gasteiger charge is 2.35. The van der Waals surface area contributed by atoms with Crippen LogP contribution in [0.25, 0.3) is 0 Å². The van der Waals surface area contributed by atoms with Crippen molar-refractivity contribution in [2.24, 2.45) is 17.6 Å². The lowest BCUT2D eigenvalue weighted by molar-refractivity contribution is -0.126. The van der Waals surface area contributed by atoms with Crippen molar-refractivity contribution < 1.29 is 4.79 Å². The van der Waals surface area contributed by atoms with Gasteiger partial charge in [0.25, 0.3) is 0 Å². The van der Waals surface area contributed by atoms with Gasteiger partial charge in [0.15, 0.2) is 0 Å². The fourth-order valence-corrected chi connectivity index (χ4v) is 3.66.